The number of nitrogens with zero attached hydrogens (tertiary/aromatic N) is 1. The van der Waals surface area contributed by atoms with Gasteiger partial charge in [-0.2, -0.15) is 0 Å². The van der Waals surface area contributed by atoms with Crippen LogP contribution in [0.3, 0.4) is 0 Å². The molecule has 1 amide bonds. The smallest absolute Gasteiger partial charge is 0.410 e. The highest BCUT2D eigenvalue weighted by atomic mass is 16.6. The van der Waals surface area contributed by atoms with E-state index in [-0.39, 0.29) is 17.8 Å². The van der Waals surface area contributed by atoms with Gasteiger partial charge < -0.3 is 9.64 Å². The van der Waals surface area contributed by atoms with Crippen molar-refractivity contribution in [2.45, 2.75) is 40.2 Å². The summed E-state index contributed by atoms with van der Waals surface area (Å²) in [6, 6.07) is 0. The van der Waals surface area contributed by atoms with Gasteiger partial charge in [-0.3, -0.25) is 4.79 Å². The molecule has 0 aromatic rings. The maximum Gasteiger partial charge on any atom is 0.410 e. The molecule has 96 valence electrons. The summed E-state index contributed by atoms with van der Waals surface area (Å²) in [6.45, 7) is 10.0. The molecule has 0 bridgehead atoms. The van der Waals surface area contributed by atoms with E-state index >= 15 is 0 Å². The lowest BCUT2D eigenvalue weighted by Crippen LogP contribution is -2.36. The Labute approximate surface area is 103 Å². The number of rotatable bonds is 2. The molecule has 1 rings (SSSR count). The van der Waals surface area contributed by atoms with Crippen LogP contribution in [0.4, 0.5) is 4.79 Å². The Morgan fingerprint density at radius 1 is 1.35 bits per heavy atom. The fraction of sp³-hybridized carbons (Fsp3) is 0.692. The van der Waals surface area contributed by atoms with Crippen LogP contribution in [0.15, 0.2) is 11.6 Å². The number of ether oxygens (including phenoxy) is 1. The van der Waals surface area contributed by atoms with Gasteiger partial charge in [-0.15, -0.1) is 0 Å². The number of hydrogen-bond donors (Lipinski definition) is 0. The molecular formula is C13H21NO3. The standard InChI is InChI=1S/C13H21NO3/c1-9(2)11(15)10-6-7-14(8-10)12(16)17-13(3,4)5/h6,9H,7-8H2,1-5H3. The predicted octanol–water partition coefficient (Wildman–Crippen LogP) is 2.39. The first kappa shape index (κ1) is 13.7. The molecule has 0 aliphatic carbocycles. The lowest BCUT2D eigenvalue weighted by molar-refractivity contribution is -0.118. The minimum absolute atomic E-state index is 0.0279. The fourth-order valence-corrected chi connectivity index (χ4v) is 1.57. The van der Waals surface area contributed by atoms with Crippen LogP contribution in [0.25, 0.3) is 0 Å². The van der Waals surface area contributed by atoms with Gasteiger partial charge in [0.1, 0.15) is 5.60 Å². The van der Waals surface area contributed by atoms with Gasteiger partial charge >= 0.3 is 6.09 Å². The molecule has 0 atom stereocenters. The summed E-state index contributed by atoms with van der Waals surface area (Å²) >= 11 is 0. The van der Waals surface area contributed by atoms with E-state index in [1.807, 2.05) is 40.7 Å². The molecule has 0 radical (unpaired) electrons. The molecule has 1 aliphatic rings. The van der Waals surface area contributed by atoms with E-state index in [9.17, 15) is 9.59 Å². The highest BCUT2D eigenvalue weighted by Gasteiger charge is 2.28. The Kier molecular flexibility index (Phi) is 3.96. The Hall–Kier alpha value is -1.32. The minimum Gasteiger partial charge on any atom is -0.444 e. The van der Waals surface area contributed by atoms with Gasteiger partial charge in [0.2, 0.25) is 0 Å². The maximum absolute atomic E-state index is 11.8. The number of amides is 1. The number of carbonyl (C=O) groups excluding carboxylic acids is 2. The van der Waals surface area contributed by atoms with E-state index < -0.39 is 5.60 Å². The average molecular weight is 239 g/mol. The fourth-order valence-electron chi connectivity index (χ4n) is 1.57. The average Bonchev–Trinajstić information content (AvgIpc) is 2.62. The van der Waals surface area contributed by atoms with Crippen molar-refractivity contribution in [3.8, 4) is 0 Å². The molecular weight excluding hydrogens is 218 g/mol. The number of hydrogen-bond acceptors (Lipinski definition) is 3. The van der Waals surface area contributed by atoms with Gasteiger partial charge in [0.05, 0.1) is 6.54 Å². The van der Waals surface area contributed by atoms with Crippen LogP contribution in [-0.2, 0) is 9.53 Å². The Balaban J connectivity index is 2.54. The first-order valence-corrected chi connectivity index (χ1v) is 5.92. The first-order valence-electron chi connectivity index (χ1n) is 5.92. The summed E-state index contributed by atoms with van der Waals surface area (Å²) < 4.78 is 5.25. The molecule has 0 saturated carbocycles. The van der Waals surface area contributed by atoms with Crippen molar-refractivity contribution < 1.29 is 14.3 Å². The quantitative estimate of drug-likeness (QED) is 0.743. The molecule has 1 heterocycles. The highest BCUT2D eigenvalue weighted by molar-refractivity contribution is 5.98. The summed E-state index contributed by atoms with van der Waals surface area (Å²) in [4.78, 5) is 25.1. The van der Waals surface area contributed by atoms with Gasteiger partial charge in [-0.25, -0.2) is 4.79 Å². The largest absolute Gasteiger partial charge is 0.444 e. The van der Waals surface area contributed by atoms with Gasteiger partial charge in [0.15, 0.2) is 5.78 Å². The van der Waals surface area contributed by atoms with Crippen molar-refractivity contribution in [3.05, 3.63) is 11.6 Å². The lowest BCUT2D eigenvalue weighted by atomic mass is 10.0. The SMILES string of the molecule is CC(C)C(=O)C1=CCN(C(=O)OC(C)(C)C)C1. The monoisotopic (exact) mass is 239 g/mol. The van der Waals surface area contributed by atoms with Crippen LogP contribution >= 0.6 is 0 Å². The van der Waals surface area contributed by atoms with Crippen molar-refractivity contribution in [3.63, 3.8) is 0 Å². The van der Waals surface area contributed by atoms with Crippen LogP contribution in [0.5, 0.6) is 0 Å². The van der Waals surface area contributed by atoms with Gasteiger partial charge in [-0.1, -0.05) is 19.9 Å². The number of ketones is 1. The van der Waals surface area contributed by atoms with Gasteiger partial charge in [0.25, 0.3) is 0 Å². The van der Waals surface area contributed by atoms with Gasteiger partial charge in [0, 0.05) is 18.0 Å². The van der Waals surface area contributed by atoms with Crippen molar-refractivity contribution >= 4 is 11.9 Å². The van der Waals surface area contributed by atoms with E-state index in [0.717, 1.165) is 0 Å². The molecule has 1 aliphatic heterocycles. The molecule has 0 fully saturated rings. The van der Waals surface area contributed by atoms with Gasteiger partial charge in [-0.05, 0) is 20.8 Å². The lowest BCUT2D eigenvalue weighted by Gasteiger charge is -2.24. The molecule has 0 aromatic carbocycles. The van der Waals surface area contributed by atoms with Crippen LogP contribution in [0, 0.1) is 5.92 Å². The van der Waals surface area contributed by atoms with Crippen LogP contribution in [0.1, 0.15) is 34.6 Å². The normalized spacial score (nSPS) is 16.1. The summed E-state index contributed by atoms with van der Waals surface area (Å²) in [6.07, 6.45) is 1.45. The Bertz CT molecular complexity index is 350. The van der Waals surface area contributed by atoms with E-state index in [0.29, 0.717) is 18.7 Å². The van der Waals surface area contributed by atoms with Crippen molar-refractivity contribution in [1.82, 2.24) is 4.90 Å². The zero-order valence-electron chi connectivity index (χ0n) is 11.2. The topological polar surface area (TPSA) is 46.6 Å². The summed E-state index contributed by atoms with van der Waals surface area (Å²) in [5.41, 5.74) is 0.216. The summed E-state index contributed by atoms with van der Waals surface area (Å²) in [5.74, 6) is 0.0795. The van der Waals surface area contributed by atoms with Crippen molar-refractivity contribution in [1.29, 1.82) is 0 Å². The summed E-state index contributed by atoms with van der Waals surface area (Å²) in [5, 5.41) is 0. The molecule has 0 saturated heterocycles. The zero-order chi connectivity index (χ0) is 13.2. The molecule has 17 heavy (non-hydrogen) atoms. The van der Waals surface area contributed by atoms with Crippen LogP contribution in [0.2, 0.25) is 0 Å². The Morgan fingerprint density at radius 2 is 1.94 bits per heavy atom. The first-order chi connectivity index (χ1) is 7.70. The van der Waals surface area contributed by atoms with E-state index in [2.05, 4.69) is 0 Å². The number of Topliss-reactive ketones (excluding diaryl/α,β-unsaturated/α-hetero) is 1. The third-order valence-corrected chi connectivity index (χ3v) is 2.41. The Morgan fingerprint density at radius 3 is 2.41 bits per heavy atom. The molecule has 0 spiro atoms. The maximum atomic E-state index is 11.8. The molecule has 0 aromatic heterocycles. The third-order valence-electron chi connectivity index (χ3n) is 2.41. The van der Waals surface area contributed by atoms with Crippen molar-refractivity contribution in [2.75, 3.05) is 13.1 Å². The molecule has 4 heteroatoms. The summed E-state index contributed by atoms with van der Waals surface area (Å²) in [7, 11) is 0. The molecule has 0 unspecified atom stereocenters. The molecule has 4 nitrogen and oxygen atoms in total. The van der Waals surface area contributed by atoms with Crippen LogP contribution in [-0.4, -0.2) is 35.5 Å². The highest BCUT2D eigenvalue weighted by Crippen LogP contribution is 2.17. The molecule has 0 N–H and O–H groups in total. The second kappa shape index (κ2) is 4.90. The van der Waals surface area contributed by atoms with Crippen molar-refractivity contribution in [2.24, 2.45) is 5.92 Å². The minimum atomic E-state index is -0.498. The third kappa shape index (κ3) is 3.88. The second-order valence-corrected chi connectivity index (χ2v) is 5.61. The second-order valence-electron chi connectivity index (χ2n) is 5.61. The number of carbonyl (C=O) groups is 2. The van der Waals surface area contributed by atoms with E-state index in [4.69, 9.17) is 4.74 Å². The zero-order valence-corrected chi connectivity index (χ0v) is 11.2. The van der Waals surface area contributed by atoms with Crippen LogP contribution < -0.4 is 0 Å². The predicted molar refractivity (Wildman–Crippen MR) is 65.7 cm³/mol. The van der Waals surface area contributed by atoms with E-state index in [1.54, 1.807) is 4.90 Å². The van der Waals surface area contributed by atoms with E-state index in [1.165, 1.54) is 0 Å².